The Labute approximate surface area is 95.8 Å². The lowest BCUT2D eigenvalue weighted by Gasteiger charge is -2.15. The van der Waals surface area contributed by atoms with Crippen molar-refractivity contribution in [1.82, 2.24) is 0 Å². The van der Waals surface area contributed by atoms with Crippen molar-refractivity contribution < 1.29 is 9.46 Å². The maximum atomic E-state index is 11.9. The van der Waals surface area contributed by atoms with Gasteiger partial charge in [0, 0.05) is 6.16 Å². The molecule has 0 aromatic carbocycles. The fraction of sp³-hybridized carbons (Fsp3) is 0.636. The monoisotopic (exact) mass is 246 g/mol. The quantitative estimate of drug-likeness (QED) is 0.771. The molecule has 0 fully saturated rings. The van der Waals surface area contributed by atoms with Gasteiger partial charge in [-0.3, -0.25) is 4.57 Å². The highest BCUT2D eigenvalue weighted by Crippen LogP contribution is 2.46. The second-order valence-corrected chi connectivity index (χ2v) is 7.37. The van der Waals surface area contributed by atoms with Gasteiger partial charge in [0.2, 0.25) is 7.37 Å². The number of rotatable bonds is 6. The molecule has 1 aromatic rings. The minimum absolute atomic E-state index is 0.338. The number of hydrogen-bond acceptors (Lipinski definition) is 2. The van der Waals surface area contributed by atoms with Gasteiger partial charge in [-0.05, 0) is 28.3 Å². The highest BCUT2D eigenvalue weighted by atomic mass is 32.1. The predicted molar refractivity (Wildman–Crippen MR) is 66.8 cm³/mol. The van der Waals surface area contributed by atoms with Gasteiger partial charge in [0.15, 0.2) is 0 Å². The van der Waals surface area contributed by atoms with E-state index >= 15 is 0 Å². The molecule has 2 nitrogen and oxygen atoms in total. The van der Waals surface area contributed by atoms with E-state index in [2.05, 4.69) is 13.8 Å². The average Bonchev–Trinajstić information content (AvgIpc) is 2.54. The number of hydrogen-bond donors (Lipinski definition) is 1. The minimum Gasteiger partial charge on any atom is -0.344 e. The lowest BCUT2D eigenvalue weighted by atomic mass is 10.1. The molecule has 4 heteroatoms. The van der Waals surface area contributed by atoms with Crippen molar-refractivity contribution in [3.8, 4) is 0 Å². The minimum atomic E-state index is -2.96. The molecule has 15 heavy (non-hydrogen) atoms. The van der Waals surface area contributed by atoms with Crippen molar-refractivity contribution in [2.24, 2.45) is 5.92 Å². The van der Waals surface area contributed by atoms with Crippen LogP contribution in [0.3, 0.4) is 0 Å². The Morgan fingerprint density at radius 2 is 2.33 bits per heavy atom. The van der Waals surface area contributed by atoms with Crippen LogP contribution in [-0.4, -0.2) is 11.1 Å². The van der Waals surface area contributed by atoms with Gasteiger partial charge in [-0.1, -0.05) is 26.7 Å². The summed E-state index contributed by atoms with van der Waals surface area (Å²) in [4.78, 5) is 9.84. The molecule has 0 saturated heterocycles. The number of thiophene rings is 1. The normalized spacial score (nSPS) is 17.3. The summed E-state index contributed by atoms with van der Waals surface area (Å²) in [6, 6.07) is 1.93. The lowest BCUT2D eigenvalue weighted by Crippen LogP contribution is -2.03. The maximum absolute atomic E-state index is 11.9. The molecule has 0 aliphatic heterocycles. The van der Waals surface area contributed by atoms with Gasteiger partial charge in [-0.25, -0.2) is 0 Å². The Morgan fingerprint density at radius 1 is 1.60 bits per heavy atom. The van der Waals surface area contributed by atoms with E-state index < -0.39 is 7.37 Å². The summed E-state index contributed by atoms with van der Waals surface area (Å²) < 4.78 is 11.9. The smallest absolute Gasteiger partial charge is 0.205 e. The fourth-order valence-electron chi connectivity index (χ4n) is 1.80. The first-order chi connectivity index (χ1) is 7.03. The zero-order chi connectivity index (χ0) is 11.3. The molecule has 1 N–H and O–H groups in total. The van der Waals surface area contributed by atoms with E-state index in [4.69, 9.17) is 0 Å². The van der Waals surface area contributed by atoms with Crippen LogP contribution in [0.2, 0.25) is 0 Å². The van der Waals surface area contributed by atoms with Gasteiger partial charge in [-0.15, -0.1) is 0 Å². The second-order valence-electron chi connectivity index (χ2n) is 4.21. The third-order valence-electron chi connectivity index (χ3n) is 2.39. The van der Waals surface area contributed by atoms with Crippen molar-refractivity contribution in [3.63, 3.8) is 0 Å². The fourth-order valence-corrected chi connectivity index (χ4v) is 4.65. The van der Waals surface area contributed by atoms with Crippen LogP contribution < -0.4 is 0 Å². The van der Waals surface area contributed by atoms with E-state index in [1.165, 1.54) is 0 Å². The van der Waals surface area contributed by atoms with Crippen LogP contribution in [0.4, 0.5) is 0 Å². The van der Waals surface area contributed by atoms with Gasteiger partial charge >= 0.3 is 0 Å². The highest BCUT2D eigenvalue weighted by Gasteiger charge is 2.21. The van der Waals surface area contributed by atoms with Crippen LogP contribution in [0.25, 0.3) is 0 Å². The molecule has 86 valence electrons. The molecule has 1 aromatic heterocycles. The summed E-state index contributed by atoms with van der Waals surface area (Å²) in [6.45, 7) is 4.16. The van der Waals surface area contributed by atoms with Crippen molar-refractivity contribution in [1.29, 1.82) is 0 Å². The van der Waals surface area contributed by atoms with Gasteiger partial charge in [-0.2, -0.15) is 11.3 Å². The van der Waals surface area contributed by atoms with Crippen LogP contribution in [0, 0.1) is 5.92 Å². The molecule has 0 aliphatic rings. The molecule has 0 radical (unpaired) electrons. The Bertz CT molecular complexity index is 321. The van der Waals surface area contributed by atoms with Crippen molar-refractivity contribution in [3.05, 3.63) is 22.4 Å². The standard InChI is InChI=1S/C11H19O2PS/c1-3-4-10(2)7-14(12,13)8-11-5-6-15-9-11/h5-6,9-10H,3-4,7-8H2,1-2H3,(H,12,13). The van der Waals surface area contributed by atoms with Gasteiger partial charge < -0.3 is 4.89 Å². The Hall–Kier alpha value is -0.110. The maximum Gasteiger partial charge on any atom is 0.205 e. The van der Waals surface area contributed by atoms with E-state index in [9.17, 15) is 9.46 Å². The molecule has 0 saturated carbocycles. The molecule has 0 bridgehead atoms. The van der Waals surface area contributed by atoms with Gasteiger partial charge in [0.25, 0.3) is 0 Å². The van der Waals surface area contributed by atoms with E-state index in [0.29, 0.717) is 18.2 Å². The second kappa shape index (κ2) is 5.83. The summed E-state index contributed by atoms with van der Waals surface area (Å²) in [5.74, 6) is 0.351. The van der Waals surface area contributed by atoms with Crippen LogP contribution in [0.15, 0.2) is 16.8 Å². The molecule has 0 spiro atoms. The first kappa shape index (κ1) is 13.0. The molecule has 2 atom stereocenters. The Morgan fingerprint density at radius 3 is 2.87 bits per heavy atom. The molecule has 1 heterocycles. The first-order valence-corrected chi connectivity index (χ1v) is 8.32. The van der Waals surface area contributed by atoms with E-state index in [-0.39, 0.29) is 0 Å². The summed E-state index contributed by atoms with van der Waals surface area (Å²) in [5.41, 5.74) is 0.995. The van der Waals surface area contributed by atoms with E-state index in [1.807, 2.05) is 16.8 Å². The molecule has 0 amide bonds. The molecule has 0 aliphatic carbocycles. The van der Waals surface area contributed by atoms with Gasteiger partial charge in [0.1, 0.15) is 0 Å². The largest absolute Gasteiger partial charge is 0.344 e. The van der Waals surface area contributed by atoms with E-state index in [0.717, 1.165) is 18.4 Å². The van der Waals surface area contributed by atoms with Crippen LogP contribution in [0.1, 0.15) is 32.3 Å². The van der Waals surface area contributed by atoms with E-state index in [1.54, 1.807) is 11.3 Å². The molecule has 1 rings (SSSR count). The Kier molecular flexibility index (Phi) is 5.04. The third-order valence-corrected chi connectivity index (χ3v) is 5.17. The molecular formula is C11H19O2PS. The van der Waals surface area contributed by atoms with Crippen LogP contribution >= 0.6 is 18.7 Å². The van der Waals surface area contributed by atoms with Crippen LogP contribution in [0.5, 0.6) is 0 Å². The lowest BCUT2D eigenvalue weighted by molar-refractivity contribution is 0.457. The van der Waals surface area contributed by atoms with Crippen molar-refractivity contribution >= 4 is 18.7 Å². The summed E-state index contributed by atoms with van der Waals surface area (Å²) in [6.07, 6.45) is 2.91. The summed E-state index contributed by atoms with van der Waals surface area (Å²) in [7, 11) is -2.96. The topological polar surface area (TPSA) is 37.3 Å². The first-order valence-electron chi connectivity index (χ1n) is 5.35. The van der Waals surface area contributed by atoms with Gasteiger partial charge in [0.05, 0.1) is 6.16 Å². The summed E-state index contributed by atoms with van der Waals surface area (Å²) >= 11 is 1.58. The molecular weight excluding hydrogens is 227 g/mol. The zero-order valence-corrected chi connectivity index (χ0v) is 11.1. The molecule has 2 unspecified atom stereocenters. The SMILES string of the molecule is CCCC(C)CP(=O)(O)Cc1ccsc1. The highest BCUT2D eigenvalue weighted by molar-refractivity contribution is 7.57. The van der Waals surface area contributed by atoms with Crippen molar-refractivity contribution in [2.45, 2.75) is 32.9 Å². The predicted octanol–water partition coefficient (Wildman–Crippen LogP) is 3.95. The Balaban J connectivity index is 2.48. The van der Waals surface area contributed by atoms with Crippen molar-refractivity contribution in [2.75, 3.05) is 6.16 Å². The average molecular weight is 246 g/mol. The third kappa shape index (κ3) is 4.96. The zero-order valence-electron chi connectivity index (χ0n) is 9.35. The van der Waals surface area contributed by atoms with Crippen LogP contribution in [-0.2, 0) is 10.7 Å². The summed E-state index contributed by atoms with van der Waals surface area (Å²) in [5, 5.41) is 3.90.